The zero-order valence-electron chi connectivity index (χ0n) is 12.8. The molecule has 1 aromatic heterocycles. The molecule has 5 nitrogen and oxygen atoms in total. The zero-order chi connectivity index (χ0) is 15.6. The summed E-state index contributed by atoms with van der Waals surface area (Å²) in [6.07, 6.45) is 0. The molecule has 0 bridgehead atoms. The number of carboxylic acid groups (broad SMARTS) is 1. The van der Waals surface area contributed by atoms with Crippen LogP contribution < -0.4 is 0 Å². The lowest BCUT2D eigenvalue weighted by atomic mass is 9.81. The fourth-order valence-electron chi connectivity index (χ4n) is 2.56. The summed E-state index contributed by atoms with van der Waals surface area (Å²) in [7, 11) is 3.43. The van der Waals surface area contributed by atoms with Crippen molar-refractivity contribution < 1.29 is 14.6 Å². The van der Waals surface area contributed by atoms with Crippen LogP contribution in [0.3, 0.4) is 0 Å². The summed E-state index contributed by atoms with van der Waals surface area (Å²) in [6.45, 7) is 4.78. The number of hydrogen-bond donors (Lipinski definition) is 1. The van der Waals surface area contributed by atoms with Crippen LogP contribution in [-0.4, -0.2) is 34.6 Å². The van der Waals surface area contributed by atoms with Crippen molar-refractivity contribution >= 4 is 5.97 Å². The molecule has 0 unspecified atom stereocenters. The molecule has 2 rings (SSSR count). The first-order valence-corrected chi connectivity index (χ1v) is 6.73. The smallest absolute Gasteiger partial charge is 0.356 e. The minimum atomic E-state index is -1.02. The molecule has 5 heteroatoms. The Balaban J connectivity index is 2.58. The van der Waals surface area contributed by atoms with Crippen LogP contribution in [0.2, 0.25) is 0 Å². The van der Waals surface area contributed by atoms with E-state index in [1.165, 1.54) is 0 Å². The lowest BCUT2D eigenvalue weighted by Crippen LogP contribution is -2.24. The van der Waals surface area contributed by atoms with Gasteiger partial charge in [0, 0.05) is 25.1 Å². The SMILES string of the molecule is COCC(C)(C)c1ccccc1-c1cc(C(=O)O)nn1C. The van der Waals surface area contributed by atoms with Gasteiger partial charge in [0.1, 0.15) is 0 Å². The maximum absolute atomic E-state index is 11.1. The summed E-state index contributed by atoms with van der Waals surface area (Å²) in [5.74, 6) is -1.02. The van der Waals surface area contributed by atoms with E-state index in [1.54, 1.807) is 24.9 Å². The quantitative estimate of drug-likeness (QED) is 0.918. The predicted molar refractivity (Wildman–Crippen MR) is 80.5 cm³/mol. The van der Waals surface area contributed by atoms with E-state index in [4.69, 9.17) is 9.84 Å². The van der Waals surface area contributed by atoms with Crippen LogP contribution in [0, 0.1) is 0 Å². The second-order valence-corrected chi connectivity index (χ2v) is 5.71. The minimum absolute atomic E-state index is 0.0480. The third kappa shape index (κ3) is 2.97. The molecule has 0 aliphatic heterocycles. The third-order valence-corrected chi connectivity index (χ3v) is 3.54. The van der Waals surface area contributed by atoms with Crippen molar-refractivity contribution in [3.63, 3.8) is 0 Å². The number of aryl methyl sites for hydroxylation is 1. The van der Waals surface area contributed by atoms with Crippen molar-refractivity contribution in [2.45, 2.75) is 19.3 Å². The largest absolute Gasteiger partial charge is 0.476 e. The molecule has 0 aliphatic rings. The number of carbonyl (C=O) groups is 1. The van der Waals surface area contributed by atoms with E-state index < -0.39 is 5.97 Å². The summed E-state index contributed by atoms with van der Waals surface area (Å²) in [4.78, 5) is 11.1. The normalized spacial score (nSPS) is 11.6. The monoisotopic (exact) mass is 288 g/mol. The summed E-state index contributed by atoms with van der Waals surface area (Å²) >= 11 is 0. The van der Waals surface area contributed by atoms with Crippen LogP contribution in [0.5, 0.6) is 0 Å². The molecule has 0 spiro atoms. The molecule has 0 amide bonds. The lowest BCUT2D eigenvalue weighted by Gasteiger charge is -2.27. The second-order valence-electron chi connectivity index (χ2n) is 5.71. The van der Waals surface area contributed by atoms with Crippen LogP contribution >= 0.6 is 0 Å². The molecule has 112 valence electrons. The first-order valence-electron chi connectivity index (χ1n) is 6.73. The molecule has 1 N–H and O–H groups in total. The van der Waals surface area contributed by atoms with Gasteiger partial charge in [-0.05, 0) is 11.6 Å². The van der Waals surface area contributed by atoms with Gasteiger partial charge in [0.2, 0.25) is 0 Å². The Labute approximate surface area is 124 Å². The molecule has 1 heterocycles. The van der Waals surface area contributed by atoms with Gasteiger partial charge in [-0.25, -0.2) is 4.79 Å². The maximum Gasteiger partial charge on any atom is 0.356 e. The Morgan fingerprint density at radius 2 is 2.05 bits per heavy atom. The number of benzene rings is 1. The third-order valence-electron chi connectivity index (χ3n) is 3.54. The summed E-state index contributed by atoms with van der Waals surface area (Å²) in [5, 5.41) is 13.1. The minimum Gasteiger partial charge on any atom is -0.476 e. The highest BCUT2D eigenvalue weighted by molar-refractivity contribution is 5.87. The number of carboxylic acids is 1. The van der Waals surface area contributed by atoms with Gasteiger partial charge >= 0.3 is 5.97 Å². The van der Waals surface area contributed by atoms with Crippen LogP contribution in [-0.2, 0) is 17.2 Å². The number of methoxy groups -OCH3 is 1. The number of nitrogens with zero attached hydrogens (tertiary/aromatic N) is 2. The van der Waals surface area contributed by atoms with Gasteiger partial charge in [-0.1, -0.05) is 38.1 Å². The standard InChI is InChI=1S/C16H20N2O3/c1-16(2,10-21-4)12-8-6-5-7-11(12)14-9-13(15(19)20)17-18(14)3/h5-9H,10H2,1-4H3,(H,19,20). The van der Waals surface area contributed by atoms with Gasteiger partial charge in [0.05, 0.1) is 12.3 Å². The first-order chi connectivity index (χ1) is 9.86. The van der Waals surface area contributed by atoms with Gasteiger partial charge in [0.15, 0.2) is 5.69 Å². The molecule has 0 radical (unpaired) electrons. The van der Waals surface area contributed by atoms with Crippen LogP contribution in [0.15, 0.2) is 30.3 Å². The zero-order valence-corrected chi connectivity index (χ0v) is 12.8. The van der Waals surface area contributed by atoms with E-state index in [1.807, 2.05) is 24.3 Å². The second kappa shape index (κ2) is 5.69. The molecule has 2 aromatic rings. The van der Waals surface area contributed by atoms with E-state index in [0.29, 0.717) is 6.61 Å². The van der Waals surface area contributed by atoms with E-state index in [9.17, 15) is 4.79 Å². The average molecular weight is 288 g/mol. The maximum atomic E-state index is 11.1. The van der Waals surface area contributed by atoms with Crippen LogP contribution in [0.1, 0.15) is 29.9 Å². The highest BCUT2D eigenvalue weighted by atomic mass is 16.5. The molecular weight excluding hydrogens is 268 g/mol. The number of rotatable bonds is 5. The first kappa shape index (κ1) is 15.3. The van der Waals surface area contributed by atoms with Gasteiger partial charge in [-0.15, -0.1) is 0 Å². The fourth-order valence-corrected chi connectivity index (χ4v) is 2.56. The van der Waals surface area contributed by atoms with Crippen LogP contribution in [0.4, 0.5) is 0 Å². The molecule has 0 fully saturated rings. The van der Waals surface area contributed by atoms with Crippen LogP contribution in [0.25, 0.3) is 11.3 Å². The summed E-state index contributed by atoms with van der Waals surface area (Å²) in [5.41, 5.74) is 2.73. The topological polar surface area (TPSA) is 64.3 Å². The van der Waals surface area contributed by atoms with E-state index >= 15 is 0 Å². The summed E-state index contributed by atoms with van der Waals surface area (Å²) < 4.78 is 6.91. The van der Waals surface area contributed by atoms with Crippen molar-refractivity contribution in [2.75, 3.05) is 13.7 Å². The van der Waals surface area contributed by atoms with Gasteiger partial charge < -0.3 is 9.84 Å². The van der Waals surface area contributed by atoms with E-state index in [2.05, 4.69) is 18.9 Å². The van der Waals surface area contributed by atoms with E-state index in [0.717, 1.165) is 16.8 Å². The van der Waals surface area contributed by atoms with Crippen molar-refractivity contribution in [3.8, 4) is 11.3 Å². The molecular formula is C16H20N2O3. The van der Waals surface area contributed by atoms with Crippen molar-refractivity contribution in [1.82, 2.24) is 9.78 Å². The van der Waals surface area contributed by atoms with E-state index in [-0.39, 0.29) is 11.1 Å². The van der Waals surface area contributed by atoms with Crippen molar-refractivity contribution in [1.29, 1.82) is 0 Å². The Bertz CT molecular complexity index is 659. The predicted octanol–water partition coefficient (Wildman–Crippen LogP) is 2.71. The van der Waals surface area contributed by atoms with Gasteiger partial charge in [-0.2, -0.15) is 5.10 Å². The number of hydrogen-bond acceptors (Lipinski definition) is 3. The summed E-state index contributed by atoms with van der Waals surface area (Å²) in [6, 6.07) is 9.54. The van der Waals surface area contributed by atoms with Gasteiger partial charge in [0.25, 0.3) is 0 Å². The molecule has 0 saturated carbocycles. The highest BCUT2D eigenvalue weighted by Crippen LogP contribution is 2.33. The average Bonchev–Trinajstić information content (AvgIpc) is 2.81. The Morgan fingerprint density at radius 1 is 1.38 bits per heavy atom. The molecule has 1 aromatic carbocycles. The Kier molecular flexibility index (Phi) is 4.14. The van der Waals surface area contributed by atoms with Crippen molar-refractivity contribution in [2.24, 2.45) is 7.05 Å². The Hall–Kier alpha value is -2.14. The molecule has 0 aliphatic carbocycles. The van der Waals surface area contributed by atoms with Gasteiger partial charge in [-0.3, -0.25) is 4.68 Å². The Morgan fingerprint density at radius 3 is 2.62 bits per heavy atom. The van der Waals surface area contributed by atoms with Crippen molar-refractivity contribution in [3.05, 3.63) is 41.6 Å². The fraction of sp³-hybridized carbons (Fsp3) is 0.375. The lowest BCUT2D eigenvalue weighted by molar-refractivity contribution is 0.0689. The molecule has 0 atom stereocenters. The number of ether oxygens (including phenoxy) is 1. The number of aromatic carboxylic acids is 1. The molecule has 0 saturated heterocycles. The highest BCUT2D eigenvalue weighted by Gasteiger charge is 2.25. The number of aromatic nitrogens is 2. The molecule has 21 heavy (non-hydrogen) atoms.